The Morgan fingerprint density at radius 3 is 2.74 bits per heavy atom. The fourth-order valence-corrected chi connectivity index (χ4v) is 2.97. The highest BCUT2D eigenvalue weighted by atomic mass is 35.5. The minimum Gasteiger partial charge on any atom is -0.451 e. The van der Waals surface area contributed by atoms with Gasteiger partial charge in [-0.15, -0.1) is 11.3 Å². The molecule has 23 heavy (non-hydrogen) atoms. The van der Waals surface area contributed by atoms with Crippen LogP contribution in [-0.2, 0) is 9.53 Å². The van der Waals surface area contributed by atoms with E-state index in [-0.39, 0.29) is 26.8 Å². The molecule has 1 N–H and O–H groups in total. The Morgan fingerprint density at radius 2 is 2.09 bits per heavy atom. The first-order chi connectivity index (χ1) is 10.9. The van der Waals surface area contributed by atoms with Gasteiger partial charge in [0.2, 0.25) is 0 Å². The second-order valence-corrected chi connectivity index (χ2v) is 6.61. The highest BCUT2D eigenvalue weighted by Gasteiger charge is 2.20. The van der Waals surface area contributed by atoms with Gasteiger partial charge in [0.1, 0.15) is 0 Å². The zero-order chi connectivity index (χ0) is 17.0. The van der Waals surface area contributed by atoms with Crippen LogP contribution in [0.15, 0.2) is 23.7 Å². The molecular formula is C14H11Cl3N2O3S. The summed E-state index contributed by atoms with van der Waals surface area (Å²) in [4.78, 5) is 28.5. The summed E-state index contributed by atoms with van der Waals surface area (Å²) < 4.78 is 4.89. The first-order valence-corrected chi connectivity index (χ1v) is 8.41. The number of aromatic nitrogens is 1. The van der Waals surface area contributed by atoms with E-state index >= 15 is 0 Å². The number of carbonyl (C=O) groups excluding carboxylic acids is 2. The zero-order valence-corrected chi connectivity index (χ0v) is 14.9. The number of hydrogen-bond acceptors (Lipinski definition) is 5. The highest BCUT2D eigenvalue weighted by Crippen LogP contribution is 2.31. The SMILES string of the molecule is CC(NC(=O)COC(=O)c1ncc(Cl)c(Cl)c1Cl)c1cccs1. The number of esters is 1. The van der Waals surface area contributed by atoms with Crippen molar-refractivity contribution in [2.24, 2.45) is 0 Å². The Labute approximate surface area is 151 Å². The zero-order valence-electron chi connectivity index (χ0n) is 11.8. The number of amides is 1. The molecule has 0 aliphatic rings. The lowest BCUT2D eigenvalue weighted by molar-refractivity contribution is -0.124. The molecule has 5 nitrogen and oxygen atoms in total. The molecule has 0 aliphatic carbocycles. The first-order valence-electron chi connectivity index (χ1n) is 6.39. The lowest BCUT2D eigenvalue weighted by Crippen LogP contribution is -2.30. The number of rotatable bonds is 5. The number of pyridine rings is 1. The maximum Gasteiger partial charge on any atom is 0.359 e. The Hall–Kier alpha value is -1.34. The van der Waals surface area contributed by atoms with Crippen LogP contribution in [0, 0.1) is 0 Å². The molecule has 0 bridgehead atoms. The molecule has 0 saturated carbocycles. The minimum absolute atomic E-state index is 0.00560. The molecule has 1 unspecified atom stereocenters. The van der Waals surface area contributed by atoms with Crippen molar-refractivity contribution in [1.29, 1.82) is 0 Å². The summed E-state index contributed by atoms with van der Waals surface area (Å²) >= 11 is 19.0. The molecule has 0 saturated heterocycles. The maximum atomic E-state index is 11.9. The van der Waals surface area contributed by atoms with Crippen LogP contribution in [0.5, 0.6) is 0 Å². The molecule has 0 aromatic carbocycles. The van der Waals surface area contributed by atoms with E-state index in [1.807, 2.05) is 24.4 Å². The summed E-state index contributed by atoms with van der Waals surface area (Å²) in [6.45, 7) is 1.38. The summed E-state index contributed by atoms with van der Waals surface area (Å²) in [5.41, 5.74) is -0.194. The predicted molar refractivity (Wildman–Crippen MR) is 90.4 cm³/mol. The molecule has 122 valence electrons. The summed E-state index contributed by atoms with van der Waals surface area (Å²) in [7, 11) is 0. The second-order valence-electron chi connectivity index (χ2n) is 4.46. The molecule has 1 amide bonds. The van der Waals surface area contributed by atoms with Gasteiger partial charge in [-0.25, -0.2) is 9.78 Å². The molecular weight excluding hydrogens is 383 g/mol. The monoisotopic (exact) mass is 392 g/mol. The van der Waals surface area contributed by atoms with Crippen LogP contribution >= 0.6 is 46.1 Å². The van der Waals surface area contributed by atoms with Crippen LogP contribution in [0.3, 0.4) is 0 Å². The van der Waals surface area contributed by atoms with E-state index in [0.717, 1.165) is 4.88 Å². The lowest BCUT2D eigenvalue weighted by atomic mass is 10.3. The van der Waals surface area contributed by atoms with Gasteiger partial charge in [-0.2, -0.15) is 0 Å². The maximum absolute atomic E-state index is 11.9. The molecule has 2 aromatic rings. The van der Waals surface area contributed by atoms with Crippen molar-refractivity contribution in [3.8, 4) is 0 Å². The van der Waals surface area contributed by atoms with Crippen LogP contribution in [0.2, 0.25) is 15.1 Å². The van der Waals surface area contributed by atoms with Gasteiger partial charge in [0.15, 0.2) is 12.3 Å². The van der Waals surface area contributed by atoms with Gasteiger partial charge in [0, 0.05) is 11.1 Å². The van der Waals surface area contributed by atoms with E-state index in [0.29, 0.717) is 0 Å². The Balaban J connectivity index is 1.92. The van der Waals surface area contributed by atoms with E-state index in [9.17, 15) is 9.59 Å². The van der Waals surface area contributed by atoms with Gasteiger partial charge >= 0.3 is 5.97 Å². The fourth-order valence-electron chi connectivity index (χ4n) is 1.68. The normalized spacial score (nSPS) is 11.8. The van der Waals surface area contributed by atoms with Crippen molar-refractivity contribution in [3.05, 3.63) is 49.3 Å². The topological polar surface area (TPSA) is 68.3 Å². The number of nitrogens with zero attached hydrogens (tertiary/aromatic N) is 1. The van der Waals surface area contributed by atoms with Crippen LogP contribution < -0.4 is 5.32 Å². The molecule has 0 radical (unpaired) electrons. The van der Waals surface area contributed by atoms with Gasteiger partial charge in [-0.1, -0.05) is 40.9 Å². The minimum atomic E-state index is -0.854. The van der Waals surface area contributed by atoms with Crippen molar-refractivity contribution in [3.63, 3.8) is 0 Å². The van der Waals surface area contributed by atoms with Gasteiger partial charge in [0.05, 0.1) is 21.1 Å². The molecule has 2 heterocycles. The molecule has 0 spiro atoms. The van der Waals surface area contributed by atoms with Gasteiger partial charge in [0.25, 0.3) is 5.91 Å². The van der Waals surface area contributed by atoms with E-state index in [4.69, 9.17) is 39.5 Å². The van der Waals surface area contributed by atoms with Crippen molar-refractivity contribution >= 4 is 58.0 Å². The third kappa shape index (κ3) is 4.57. The standard InChI is InChI=1S/C14H11Cl3N2O3S/c1-7(9-3-2-4-23-9)19-10(20)6-22-14(21)13-12(17)11(16)8(15)5-18-13/h2-5,7H,6H2,1H3,(H,19,20). The third-order valence-corrected chi connectivity index (χ3v) is 5.09. The molecule has 2 aromatic heterocycles. The van der Waals surface area contributed by atoms with E-state index in [2.05, 4.69) is 10.3 Å². The molecule has 2 rings (SSSR count). The quantitative estimate of drug-likeness (QED) is 0.775. The van der Waals surface area contributed by atoms with Crippen LogP contribution in [-0.4, -0.2) is 23.5 Å². The molecule has 0 fully saturated rings. The van der Waals surface area contributed by atoms with E-state index in [1.165, 1.54) is 17.5 Å². The Bertz CT molecular complexity index is 722. The molecule has 1 atom stereocenters. The number of ether oxygens (including phenoxy) is 1. The molecule has 9 heteroatoms. The van der Waals surface area contributed by atoms with Crippen molar-refractivity contribution < 1.29 is 14.3 Å². The van der Waals surface area contributed by atoms with Crippen LogP contribution in [0.1, 0.15) is 28.3 Å². The number of hydrogen-bond donors (Lipinski definition) is 1. The van der Waals surface area contributed by atoms with Gasteiger partial charge in [-0.05, 0) is 18.4 Å². The Morgan fingerprint density at radius 1 is 1.35 bits per heavy atom. The average Bonchev–Trinajstić information content (AvgIpc) is 3.05. The Kier molecular flexibility index (Phi) is 6.24. The second kappa shape index (κ2) is 7.97. The first kappa shape index (κ1) is 18.0. The average molecular weight is 394 g/mol. The summed E-state index contributed by atoms with van der Waals surface area (Å²) in [5.74, 6) is -1.29. The fraction of sp³-hybridized carbons (Fsp3) is 0.214. The smallest absolute Gasteiger partial charge is 0.359 e. The van der Waals surface area contributed by atoms with Gasteiger partial charge < -0.3 is 10.1 Å². The highest BCUT2D eigenvalue weighted by molar-refractivity contribution is 7.10. The van der Waals surface area contributed by atoms with Crippen LogP contribution in [0.25, 0.3) is 0 Å². The van der Waals surface area contributed by atoms with Crippen molar-refractivity contribution in [2.45, 2.75) is 13.0 Å². The van der Waals surface area contributed by atoms with Crippen LogP contribution in [0.4, 0.5) is 0 Å². The summed E-state index contributed by atoms with van der Waals surface area (Å²) in [5, 5.41) is 4.64. The third-order valence-electron chi connectivity index (χ3n) is 2.79. The van der Waals surface area contributed by atoms with Crippen molar-refractivity contribution in [1.82, 2.24) is 10.3 Å². The predicted octanol–water partition coefficient (Wildman–Crippen LogP) is 4.14. The number of halogens is 3. The van der Waals surface area contributed by atoms with Gasteiger partial charge in [-0.3, -0.25) is 4.79 Å². The summed E-state index contributed by atoms with van der Waals surface area (Å²) in [6.07, 6.45) is 1.19. The number of thiophene rings is 1. The lowest BCUT2D eigenvalue weighted by Gasteiger charge is -2.12. The molecule has 0 aliphatic heterocycles. The largest absolute Gasteiger partial charge is 0.451 e. The summed E-state index contributed by atoms with van der Waals surface area (Å²) in [6, 6.07) is 3.62. The van der Waals surface area contributed by atoms with E-state index < -0.39 is 18.5 Å². The number of nitrogens with one attached hydrogen (secondary N) is 1. The number of carbonyl (C=O) groups is 2. The van der Waals surface area contributed by atoms with E-state index in [1.54, 1.807) is 0 Å². The van der Waals surface area contributed by atoms with Crippen molar-refractivity contribution in [2.75, 3.05) is 6.61 Å².